The quantitative estimate of drug-likeness (QED) is 0.579. The van der Waals surface area contributed by atoms with Crippen LogP contribution in [0.15, 0.2) is 29.2 Å². The summed E-state index contributed by atoms with van der Waals surface area (Å²) in [5.41, 5.74) is 3.28. The molecule has 0 unspecified atom stereocenters. The third-order valence-corrected chi connectivity index (χ3v) is 4.90. The van der Waals surface area contributed by atoms with E-state index < -0.39 is 10.0 Å². The smallest absolute Gasteiger partial charge is 0.272 e. The first-order valence-corrected chi connectivity index (χ1v) is 9.16. The molecule has 25 heavy (non-hydrogen) atoms. The maximum atomic E-state index is 12.2. The lowest BCUT2D eigenvalue weighted by Gasteiger charge is -2.12. The van der Waals surface area contributed by atoms with Gasteiger partial charge in [0.1, 0.15) is 0 Å². The topological polar surface area (TPSA) is 130 Å². The van der Waals surface area contributed by atoms with Crippen molar-refractivity contribution in [3.63, 3.8) is 0 Å². The lowest BCUT2D eigenvalue weighted by molar-refractivity contribution is 0.0948. The van der Waals surface area contributed by atoms with E-state index in [0.717, 1.165) is 29.8 Å². The van der Waals surface area contributed by atoms with Gasteiger partial charge < -0.3 is 10.6 Å². The zero-order valence-electron chi connectivity index (χ0n) is 13.4. The van der Waals surface area contributed by atoms with Gasteiger partial charge >= 0.3 is 0 Å². The number of benzene rings is 1. The Bertz CT molecular complexity index is 849. The number of hydrogen-bond acceptors (Lipinski definition) is 5. The van der Waals surface area contributed by atoms with Crippen molar-refractivity contribution in [3.8, 4) is 0 Å². The van der Waals surface area contributed by atoms with Gasteiger partial charge in [0.15, 0.2) is 5.69 Å². The summed E-state index contributed by atoms with van der Waals surface area (Å²) in [5.74, 6) is -0.211. The molecule has 0 aliphatic carbocycles. The Morgan fingerprint density at radius 1 is 1.28 bits per heavy atom. The standard InChI is InChI=1S/C15H19N5O3S.ClH/c16-24(22,23)11-3-1-10(2-4-11)5-8-18-15(21)14-12-9-17-7-6-13(12)19-20-14;/h1-4,17H,5-9H2,(H,18,21)(H,19,20)(H2,16,22,23);1H. The molecular formula is C15H20ClN5O3S. The molecule has 2 aromatic rings. The Hall–Kier alpha value is -1.94. The number of carbonyl (C=O) groups excluding carboxylic acids is 1. The summed E-state index contributed by atoms with van der Waals surface area (Å²) in [6.45, 7) is 1.96. The zero-order chi connectivity index (χ0) is 17.2. The fraction of sp³-hybridized carbons (Fsp3) is 0.333. The number of hydrogen-bond donors (Lipinski definition) is 4. The van der Waals surface area contributed by atoms with Crippen molar-refractivity contribution in [1.29, 1.82) is 0 Å². The van der Waals surface area contributed by atoms with E-state index >= 15 is 0 Å². The van der Waals surface area contributed by atoms with Crippen molar-refractivity contribution >= 4 is 28.3 Å². The molecule has 2 heterocycles. The van der Waals surface area contributed by atoms with Gasteiger partial charge in [0, 0.05) is 37.3 Å². The number of aromatic amines is 1. The van der Waals surface area contributed by atoms with Crippen LogP contribution < -0.4 is 15.8 Å². The van der Waals surface area contributed by atoms with Crippen LogP contribution in [0.25, 0.3) is 0 Å². The number of sulfonamides is 1. The van der Waals surface area contributed by atoms with Crippen molar-refractivity contribution in [2.24, 2.45) is 5.14 Å². The number of amides is 1. The van der Waals surface area contributed by atoms with Crippen LogP contribution in [0.5, 0.6) is 0 Å². The number of halogens is 1. The highest BCUT2D eigenvalue weighted by atomic mass is 35.5. The summed E-state index contributed by atoms with van der Waals surface area (Å²) in [7, 11) is -3.68. The third-order valence-electron chi connectivity index (χ3n) is 3.97. The minimum Gasteiger partial charge on any atom is -0.350 e. The average molecular weight is 386 g/mol. The maximum Gasteiger partial charge on any atom is 0.272 e. The first-order chi connectivity index (χ1) is 11.4. The van der Waals surface area contributed by atoms with Gasteiger partial charge in [-0.2, -0.15) is 5.10 Å². The number of carbonyl (C=O) groups is 1. The molecule has 0 radical (unpaired) electrons. The second-order valence-corrected chi connectivity index (χ2v) is 7.21. The minimum atomic E-state index is -3.68. The van der Waals surface area contributed by atoms with Crippen LogP contribution in [-0.4, -0.2) is 37.6 Å². The predicted octanol–water partition coefficient (Wildman–Crippen LogP) is 0.0971. The normalized spacial score (nSPS) is 13.6. The van der Waals surface area contributed by atoms with Gasteiger partial charge in [0.25, 0.3) is 5.91 Å². The molecule has 10 heteroatoms. The summed E-state index contributed by atoms with van der Waals surface area (Å²) in [6, 6.07) is 6.29. The molecule has 0 saturated carbocycles. The van der Waals surface area contributed by atoms with Crippen molar-refractivity contribution in [3.05, 3.63) is 46.8 Å². The Balaban J connectivity index is 0.00000225. The Kier molecular flexibility index (Phi) is 6.17. The maximum absolute atomic E-state index is 12.2. The van der Waals surface area contributed by atoms with E-state index in [4.69, 9.17) is 5.14 Å². The fourth-order valence-electron chi connectivity index (χ4n) is 2.66. The van der Waals surface area contributed by atoms with Gasteiger partial charge in [-0.15, -0.1) is 12.4 Å². The first kappa shape index (κ1) is 19.4. The van der Waals surface area contributed by atoms with Gasteiger partial charge in [-0.05, 0) is 24.1 Å². The molecular weight excluding hydrogens is 366 g/mol. The Labute approximate surface area is 152 Å². The van der Waals surface area contributed by atoms with E-state index in [1.165, 1.54) is 12.1 Å². The summed E-state index contributed by atoms with van der Waals surface area (Å²) in [5, 5.41) is 18.1. The van der Waals surface area contributed by atoms with E-state index in [2.05, 4.69) is 20.8 Å². The van der Waals surface area contributed by atoms with Gasteiger partial charge in [0.2, 0.25) is 10.0 Å². The summed E-state index contributed by atoms with van der Waals surface area (Å²) in [4.78, 5) is 12.3. The fourth-order valence-corrected chi connectivity index (χ4v) is 3.18. The molecule has 136 valence electrons. The molecule has 0 bridgehead atoms. The number of primary sulfonamides is 1. The number of fused-ring (bicyclic) bond motifs is 1. The number of H-pyrrole nitrogens is 1. The van der Waals surface area contributed by atoms with Crippen LogP contribution >= 0.6 is 12.4 Å². The molecule has 0 spiro atoms. The number of rotatable bonds is 5. The summed E-state index contributed by atoms with van der Waals surface area (Å²) >= 11 is 0. The largest absolute Gasteiger partial charge is 0.350 e. The van der Waals surface area contributed by atoms with Crippen LogP contribution in [0, 0.1) is 0 Å². The molecule has 1 amide bonds. The molecule has 3 rings (SSSR count). The Morgan fingerprint density at radius 3 is 2.68 bits per heavy atom. The number of nitrogens with two attached hydrogens (primary N) is 1. The molecule has 0 saturated heterocycles. The van der Waals surface area contributed by atoms with Gasteiger partial charge in [-0.25, -0.2) is 13.6 Å². The summed E-state index contributed by atoms with van der Waals surface area (Å²) < 4.78 is 22.4. The van der Waals surface area contributed by atoms with Gasteiger partial charge in [0.05, 0.1) is 4.90 Å². The molecule has 0 atom stereocenters. The number of aromatic nitrogens is 2. The van der Waals surface area contributed by atoms with Gasteiger partial charge in [-0.1, -0.05) is 12.1 Å². The van der Waals surface area contributed by atoms with Crippen molar-refractivity contribution in [2.45, 2.75) is 24.3 Å². The van der Waals surface area contributed by atoms with E-state index in [1.54, 1.807) is 12.1 Å². The molecule has 1 aromatic carbocycles. The highest BCUT2D eigenvalue weighted by molar-refractivity contribution is 7.89. The average Bonchev–Trinajstić information content (AvgIpc) is 2.98. The molecule has 1 aliphatic heterocycles. The van der Waals surface area contributed by atoms with Crippen LogP contribution in [0.2, 0.25) is 0 Å². The molecule has 1 aromatic heterocycles. The predicted molar refractivity (Wildman–Crippen MR) is 95.1 cm³/mol. The minimum absolute atomic E-state index is 0. The highest BCUT2D eigenvalue weighted by Gasteiger charge is 2.21. The van der Waals surface area contributed by atoms with Crippen LogP contribution in [0.3, 0.4) is 0 Å². The van der Waals surface area contributed by atoms with Crippen LogP contribution in [0.1, 0.15) is 27.3 Å². The zero-order valence-corrected chi connectivity index (χ0v) is 15.0. The number of nitrogens with zero attached hydrogens (tertiary/aromatic N) is 1. The summed E-state index contributed by atoms with van der Waals surface area (Å²) in [6.07, 6.45) is 1.42. The van der Waals surface area contributed by atoms with Crippen molar-refractivity contribution < 1.29 is 13.2 Å². The molecule has 0 fully saturated rings. The first-order valence-electron chi connectivity index (χ1n) is 7.62. The van der Waals surface area contributed by atoms with Crippen LogP contribution in [-0.2, 0) is 29.4 Å². The SMILES string of the molecule is Cl.NS(=O)(=O)c1ccc(CCNC(=O)c2n[nH]c3c2CNCC3)cc1. The lowest BCUT2D eigenvalue weighted by atomic mass is 10.1. The number of nitrogens with one attached hydrogen (secondary N) is 3. The second-order valence-electron chi connectivity index (χ2n) is 5.65. The van der Waals surface area contributed by atoms with Crippen molar-refractivity contribution in [2.75, 3.05) is 13.1 Å². The van der Waals surface area contributed by atoms with Crippen molar-refractivity contribution in [1.82, 2.24) is 20.8 Å². The second kappa shape index (κ2) is 7.96. The van der Waals surface area contributed by atoms with E-state index in [0.29, 0.717) is 25.2 Å². The van der Waals surface area contributed by atoms with E-state index in [9.17, 15) is 13.2 Å². The molecule has 1 aliphatic rings. The molecule has 8 nitrogen and oxygen atoms in total. The van der Waals surface area contributed by atoms with E-state index in [-0.39, 0.29) is 23.2 Å². The highest BCUT2D eigenvalue weighted by Crippen LogP contribution is 2.15. The monoisotopic (exact) mass is 385 g/mol. The lowest BCUT2D eigenvalue weighted by Crippen LogP contribution is -2.29. The molecule has 5 N–H and O–H groups in total. The van der Waals surface area contributed by atoms with Gasteiger partial charge in [-0.3, -0.25) is 9.89 Å². The Morgan fingerprint density at radius 2 is 2.00 bits per heavy atom. The van der Waals surface area contributed by atoms with Crippen LogP contribution in [0.4, 0.5) is 0 Å². The van der Waals surface area contributed by atoms with E-state index in [1.807, 2.05) is 0 Å². The third kappa shape index (κ3) is 4.57.